The molecule has 2 aromatic heterocycles. The van der Waals surface area contributed by atoms with Gasteiger partial charge in [-0.3, -0.25) is 14.4 Å². The van der Waals surface area contributed by atoms with E-state index in [1.165, 1.54) is 22.9 Å². The number of nitrogen functional groups attached to an aromatic ring is 1. The number of hydrogen-bond donors (Lipinski definition) is 2. The van der Waals surface area contributed by atoms with Gasteiger partial charge in [0.15, 0.2) is 0 Å². The van der Waals surface area contributed by atoms with Crippen LogP contribution in [0, 0.1) is 0 Å². The van der Waals surface area contributed by atoms with Gasteiger partial charge < -0.3 is 5.73 Å². The van der Waals surface area contributed by atoms with Crippen LogP contribution >= 0.6 is 0 Å². The Kier molecular flexibility index (Phi) is 3.19. The molecule has 0 radical (unpaired) electrons. The third-order valence-corrected chi connectivity index (χ3v) is 4.37. The fourth-order valence-electron chi connectivity index (χ4n) is 1.61. The average Bonchev–Trinajstić information content (AvgIpc) is 2.78. The van der Waals surface area contributed by atoms with E-state index >= 15 is 0 Å². The highest BCUT2D eigenvalue weighted by Gasteiger charge is 2.26. The Morgan fingerprint density at radius 1 is 1.39 bits per heavy atom. The van der Waals surface area contributed by atoms with E-state index in [0.29, 0.717) is 5.69 Å². The van der Waals surface area contributed by atoms with Crippen LogP contribution in [0.4, 0.5) is 11.5 Å². The number of pyridine rings is 1. The smallest absolute Gasteiger partial charge is 0.269 e. The van der Waals surface area contributed by atoms with Crippen molar-refractivity contribution in [2.45, 2.75) is 11.8 Å². The molecule has 3 N–H and O–H groups in total. The molecule has 18 heavy (non-hydrogen) atoms. The standard InChI is InChI=1S/C10H13N5O2S/c1-2-15(8-3-5-12-6-4-8)18(16,17)9-7-13-14-10(9)11/h3-7H,2H2,1H3,(H3,11,13,14). The first kappa shape index (κ1) is 12.4. The zero-order valence-electron chi connectivity index (χ0n) is 9.74. The molecule has 0 aliphatic heterocycles. The van der Waals surface area contributed by atoms with Crippen LogP contribution in [0.25, 0.3) is 0 Å². The molecule has 2 rings (SSSR count). The Bertz CT molecular complexity index is 623. The van der Waals surface area contributed by atoms with Crippen molar-refractivity contribution >= 4 is 21.5 Å². The van der Waals surface area contributed by atoms with E-state index in [0.717, 1.165) is 0 Å². The number of rotatable bonds is 4. The van der Waals surface area contributed by atoms with Crippen LogP contribution in [0.1, 0.15) is 6.92 Å². The summed E-state index contributed by atoms with van der Waals surface area (Å²) in [5.74, 6) is 0.0301. The van der Waals surface area contributed by atoms with Crippen LogP contribution in [0.2, 0.25) is 0 Å². The molecule has 0 saturated heterocycles. The van der Waals surface area contributed by atoms with E-state index in [4.69, 9.17) is 5.73 Å². The lowest BCUT2D eigenvalue weighted by Gasteiger charge is -2.21. The molecule has 2 aromatic rings. The first-order chi connectivity index (χ1) is 8.57. The molecule has 0 fully saturated rings. The Morgan fingerprint density at radius 2 is 2.06 bits per heavy atom. The van der Waals surface area contributed by atoms with E-state index in [1.807, 2.05) is 0 Å². The number of aromatic nitrogens is 3. The van der Waals surface area contributed by atoms with Gasteiger partial charge in [-0.25, -0.2) is 8.42 Å². The van der Waals surface area contributed by atoms with Crippen molar-refractivity contribution in [3.63, 3.8) is 0 Å². The van der Waals surface area contributed by atoms with E-state index < -0.39 is 10.0 Å². The lowest BCUT2D eigenvalue weighted by Crippen LogP contribution is -2.31. The molecular formula is C10H13N5O2S. The second-order valence-corrected chi connectivity index (χ2v) is 5.35. The zero-order chi connectivity index (χ0) is 13.2. The summed E-state index contributed by atoms with van der Waals surface area (Å²) in [6, 6.07) is 3.24. The largest absolute Gasteiger partial charge is 0.383 e. The highest BCUT2D eigenvalue weighted by molar-refractivity contribution is 7.93. The predicted octanol–water partition coefficient (Wildman–Crippen LogP) is 0.602. The topological polar surface area (TPSA) is 105 Å². The fourth-order valence-corrected chi connectivity index (χ4v) is 3.10. The fraction of sp³-hybridized carbons (Fsp3) is 0.200. The van der Waals surface area contributed by atoms with Gasteiger partial charge in [0.05, 0.1) is 11.9 Å². The van der Waals surface area contributed by atoms with Gasteiger partial charge in [0.1, 0.15) is 10.7 Å². The monoisotopic (exact) mass is 267 g/mol. The average molecular weight is 267 g/mol. The van der Waals surface area contributed by atoms with Crippen LogP contribution in [0.5, 0.6) is 0 Å². The summed E-state index contributed by atoms with van der Waals surface area (Å²) in [5, 5.41) is 6.04. The number of H-pyrrole nitrogens is 1. The van der Waals surface area contributed by atoms with Gasteiger partial charge in [-0.1, -0.05) is 0 Å². The first-order valence-electron chi connectivity index (χ1n) is 5.29. The molecule has 0 bridgehead atoms. The van der Waals surface area contributed by atoms with E-state index in [9.17, 15) is 8.42 Å². The maximum atomic E-state index is 12.4. The third kappa shape index (κ3) is 2.02. The number of aromatic amines is 1. The Morgan fingerprint density at radius 3 is 2.56 bits per heavy atom. The maximum Gasteiger partial charge on any atom is 0.269 e. The highest BCUT2D eigenvalue weighted by Crippen LogP contribution is 2.24. The molecule has 0 aliphatic carbocycles. The van der Waals surface area contributed by atoms with E-state index in [2.05, 4.69) is 15.2 Å². The number of nitrogens with one attached hydrogen (secondary N) is 1. The summed E-state index contributed by atoms with van der Waals surface area (Å²) in [7, 11) is -3.70. The number of hydrogen-bond acceptors (Lipinski definition) is 5. The number of nitrogens with two attached hydrogens (primary N) is 1. The predicted molar refractivity (Wildman–Crippen MR) is 67.4 cm³/mol. The molecule has 0 spiro atoms. The molecule has 7 nitrogen and oxygen atoms in total. The minimum absolute atomic E-state index is 0.0267. The molecule has 0 aromatic carbocycles. The van der Waals surface area contributed by atoms with Crippen LogP contribution in [-0.2, 0) is 10.0 Å². The second kappa shape index (κ2) is 4.65. The molecule has 0 aliphatic rings. The Labute approximate surface area is 105 Å². The van der Waals surface area contributed by atoms with Crippen LogP contribution in [0.3, 0.4) is 0 Å². The molecular weight excluding hydrogens is 254 g/mol. The van der Waals surface area contributed by atoms with Gasteiger partial charge in [-0.15, -0.1) is 0 Å². The number of sulfonamides is 1. The van der Waals surface area contributed by atoms with Gasteiger partial charge >= 0.3 is 0 Å². The van der Waals surface area contributed by atoms with Gasteiger partial charge in [-0.2, -0.15) is 5.10 Å². The minimum atomic E-state index is -3.70. The first-order valence-corrected chi connectivity index (χ1v) is 6.73. The Hall–Kier alpha value is -2.09. The molecule has 2 heterocycles. The third-order valence-electron chi connectivity index (χ3n) is 2.44. The lowest BCUT2D eigenvalue weighted by molar-refractivity contribution is 0.592. The summed E-state index contributed by atoms with van der Waals surface area (Å²) < 4.78 is 26.1. The van der Waals surface area contributed by atoms with Crippen molar-refractivity contribution in [1.29, 1.82) is 0 Å². The molecule has 0 atom stereocenters. The second-order valence-electron chi connectivity index (χ2n) is 3.52. The van der Waals surface area contributed by atoms with Crippen molar-refractivity contribution in [2.24, 2.45) is 0 Å². The Balaban J connectivity index is 2.49. The molecule has 0 amide bonds. The van der Waals surface area contributed by atoms with Crippen LogP contribution in [0.15, 0.2) is 35.6 Å². The lowest BCUT2D eigenvalue weighted by atomic mass is 10.4. The summed E-state index contributed by atoms with van der Waals surface area (Å²) >= 11 is 0. The number of anilines is 2. The van der Waals surface area contributed by atoms with Crippen molar-refractivity contribution in [3.8, 4) is 0 Å². The van der Waals surface area contributed by atoms with Crippen LogP contribution < -0.4 is 10.0 Å². The minimum Gasteiger partial charge on any atom is -0.383 e. The van der Waals surface area contributed by atoms with Crippen LogP contribution in [-0.4, -0.2) is 30.1 Å². The van der Waals surface area contributed by atoms with Crippen molar-refractivity contribution < 1.29 is 8.42 Å². The van der Waals surface area contributed by atoms with Gasteiger partial charge in [0.25, 0.3) is 10.0 Å². The van der Waals surface area contributed by atoms with Crippen molar-refractivity contribution in [2.75, 3.05) is 16.6 Å². The summed E-state index contributed by atoms with van der Waals surface area (Å²) in [6.07, 6.45) is 4.27. The highest BCUT2D eigenvalue weighted by atomic mass is 32.2. The zero-order valence-corrected chi connectivity index (χ0v) is 10.6. The van der Waals surface area contributed by atoms with Gasteiger partial charge in [0.2, 0.25) is 0 Å². The van der Waals surface area contributed by atoms with Crippen molar-refractivity contribution in [3.05, 3.63) is 30.7 Å². The van der Waals surface area contributed by atoms with Gasteiger partial charge in [-0.05, 0) is 19.1 Å². The van der Waals surface area contributed by atoms with E-state index in [-0.39, 0.29) is 17.3 Å². The molecule has 8 heteroatoms. The maximum absolute atomic E-state index is 12.4. The van der Waals surface area contributed by atoms with E-state index in [1.54, 1.807) is 19.1 Å². The quantitative estimate of drug-likeness (QED) is 0.844. The normalized spacial score (nSPS) is 11.4. The molecule has 0 unspecified atom stereocenters. The molecule has 96 valence electrons. The van der Waals surface area contributed by atoms with Crippen molar-refractivity contribution in [1.82, 2.24) is 15.2 Å². The summed E-state index contributed by atoms with van der Waals surface area (Å²) in [4.78, 5) is 3.83. The number of nitrogens with zero attached hydrogens (tertiary/aromatic N) is 3. The SMILES string of the molecule is CCN(c1ccncc1)S(=O)(=O)c1cn[nH]c1N. The summed E-state index contributed by atoms with van der Waals surface area (Å²) in [5.41, 5.74) is 6.10. The summed E-state index contributed by atoms with van der Waals surface area (Å²) in [6.45, 7) is 2.03. The molecule has 0 saturated carbocycles. The van der Waals surface area contributed by atoms with Gasteiger partial charge in [0, 0.05) is 18.9 Å².